The van der Waals surface area contributed by atoms with Gasteiger partial charge in [0.15, 0.2) is 0 Å². The first-order valence-electron chi connectivity index (χ1n) is 10.2. The summed E-state index contributed by atoms with van der Waals surface area (Å²) in [5, 5.41) is 49.6. The highest BCUT2D eigenvalue weighted by Crippen LogP contribution is 2.46. The molecule has 0 radical (unpaired) electrons. The lowest BCUT2D eigenvalue weighted by Gasteiger charge is -2.46. The number of fused-ring (bicyclic) bond motifs is 2. The van der Waals surface area contributed by atoms with Crippen molar-refractivity contribution in [1.29, 1.82) is 5.41 Å². The highest BCUT2D eigenvalue weighted by Gasteiger charge is 2.58. The normalized spacial score (nSPS) is 30.1. The van der Waals surface area contributed by atoms with E-state index in [4.69, 9.17) is 14.9 Å². The minimum absolute atomic E-state index is 0.196. The van der Waals surface area contributed by atoms with Crippen LogP contribution in [0, 0.1) is 5.41 Å². The fraction of sp³-hybridized carbons (Fsp3) is 0.348. The van der Waals surface area contributed by atoms with Gasteiger partial charge in [-0.05, 0) is 41.3 Å². The molecule has 0 amide bonds. The first-order valence-corrected chi connectivity index (χ1v) is 10.2. The highest BCUT2D eigenvalue weighted by molar-refractivity contribution is 5.66. The molecule has 2 aliphatic rings. The number of hydrogen-bond donors (Lipinski definition) is 6. The van der Waals surface area contributed by atoms with Crippen LogP contribution in [0.4, 0.5) is 5.69 Å². The number of nitrogens with one attached hydrogen (secondary N) is 1. The second kappa shape index (κ2) is 8.97. The van der Waals surface area contributed by atoms with Crippen LogP contribution in [0.5, 0.6) is 0 Å². The van der Waals surface area contributed by atoms with Crippen molar-refractivity contribution < 1.29 is 35.2 Å². The third-order valence-electron chi connectivity index (χ3n) is 5.83. The van der Waals surface area contributed by atoms with Crippen molar-refractivity contribution in [3.05, 3.63) is 77.0 Å². The summed E-state index contributed by atoms with van der Waals surface area (Å²) in [6.45, 7) is -0.315. The molecule has 0 aliphatic carbocycles. The number of rotatable bonds is 6. The molecule has 31 heavy (non-hydrogen) atoms. The molecular formula is C23H27N2O6+. The summed E-state index contributed by atoms with van der Waals surface area (Å²) in [6.07, 6.45) is -0.159. The van der Waals surface area contributed by atoms with E-state index < -0.39 is 36.8 Å². The Kier molecular flexibility index (Phi) is 6.31. The van der Waals surface area contributed by atoms with Gasteiger partial charge in [-0.2, -0.15) is 0 Å². The Morgan fingerprint density at radius 3 is 2.52 bits per heavy atom. The van der Waals surface area contributed by atoms with Crippen LogP contribution >= 0.6 is 0 Å². The van der Waals surface area contributed by atoms with Gasteiger partial charge in [0.25, 0.3) is 0 Å². The lowest BCUT2D eigenvalue weighted by Crippen LogP contribution is -2.70. The molecule has 164 valence electrons. The van der Waals surface area contributed by atoms with Gasteiger partial charge < -0.3 is 35.3 Å². The molecule has 0 aromatic heterocycles. The maximum absolute atomic E-state index is 10.7. The number of ether oxygens (including phenoxy) is 2. The molecule has 5 atom stereocenters. The van der Waals surface area contributed by atoms with Crippen molar-refractivity contribution >= 4 is 11.9 Å². The molecule has 1 saturated heterocycles. The molecule has 2 aromatic carbocycles. The number of allylic oxidation sites excluding steroid dienone is 1. The van der Waals surface area contributed by atoms with Gasteiger partial charge in [-0.15, -0.1) is 0 Å². The fourth-order valence-corrected chi connectivity index (χ4v) is 4.13. The van der Waals surface area contributed by atoms with Gasteiger partial charge in [0.1, 0.15) is 30.1 Å². The SMILES string of the molecule is N=CC=C[NH2+]c1ccc(Cc2ccc3c(c2)C2(OC3)OC(CO)C(O)C(O)C2O)cc1. The molecule has 2 aliphatic heterocycles. The predicted octanol–water partition coefficient (Wildman–Crippen LogP) is -0.208. The molecular weight excluding hydrogens is 400 g/mol. The summed E-state index contributed by atoms with van der Waals surface area (Å²) in [5.74, 6) is -1.63. The van der Waals surface area contributed by atoms with Gasteiger partial charge >= 0.3 is 0 Å². The zero-order valence-corrected chi connectivity index (χ0v) is 16.9. The van der Waals surface area contributed by atoms with Crippen LogP contribution in [-0.2, 0) is 28.3 Å². The second-order valence-electron chi connectivity index (χ2n) is 7.85. The number of benzene rings is 2. The van der Waals surface area contributed by atoms with Crippen molar-refractivity contribution in [2.45, 2.75) is 43.2 Å². The maximum atomic E-state index is 10.7. The van der Waals surface area contributed by atoms with Crippen molar-refractivity contribution in [2.24, 2.45) is 0 Å². The van der Waals surface area contributed by atoms with E-state index in [1.165, 1.54) is 6.21 Å². The first kappa shape index (κ1) is 21.8. The van der Waals surface area contributed by atoms with Crippen LogP contribution in [0.3, 0.4) is 0 Å². The topological polar surface area (TPSA) is 140 Å². The average Bonchev–Trinajstić information content (AvgIpc) is 3.15. The van der Waals surface area contributed by atoms with Gasteiger partial charge in [0.2, 0.25) is 5.79 Å². The monoisotopic (exact) mass is 427 g/mol. The van der Waals surface area contributed by atoms with E-state index in [9.17, 15) is 20.4 Å². The van der Waals surface area contributed by atoms with E-state index in [1.807, 2.05) is 54.0 Å². The van der Waals surface area contributed by atoms with E-state index in [0.717, 1.165) is 22.4 Å². The third-order valence-corrected chi connectivity index (χ3v) is 5.83. The zero-order chi connectivity index (χ0) is 22.0. The molecule has 5 unspecified atom stereocenters. The number of hydrogen-bond acceptors (Lipinski definition) is 7. The molecule has 1 spiro atoms. The molecule has 1 fully saturated rings. The standard InChI is InChI=1S/C23H26N2O6/c24-8-1-9-25-17-6-3-14(4-7-17)10-15-2-5-16-13-30-23(18(16)11-15)22(29)21(28)20(27)19(12-26)31-23/h1-9,11,19-22,24-29H,10,12-13H2/p+1. The van der Waals surface area contributed by atoms with E-state index in [2.05, 4.69) is 0 Å². The van der Waals surface area contributed by atoms with Gasteiger partial charge in [-0.1, -0.05) is 24.3 Å². The molecule has 2 aromatic rings. The summed E-state index contributed by atoms with van der Waals surface area (Å²) in [6, 6.07) is 13.8. The summed E-state index contributed by atoms with van der Waals surface area (Å²) in [7, 11) is 0. The number of nitrogens with two attached hydrogens (primary N) is 1. The van der Waals surface area contributed by atoms with E-state index in [0.29, 0.717) is 12.0 Å². The largest absolute Gasteiger partial charge is 0.394 e. The van der Waals surface area contributed by atoms with Crippen molar-refractivity contribution in [2.75, 3.05) is 6.61 Å². The second-order valence-corrected chi connectivity index (χ2v) is 7.85. The first-order chi connectivity index (χ1) is 15.0. The molecule has 8 nitrogen and oxygen atoms in total. The van der Waals surface area contributed by atoms with Gasteiger partial charge in [-0.3, -0.25) is 5.32 Å². The van der Waals surface area contributed by atoms with E-state index >= 15 is 0 Å². The van der Waals surface area contributed by atoms with Crippen LogP contribution in [0.2, 0.25) is 0 Å². The Hall–Kier alpha value is -2.43. The van der Waals surface area contributed by atoms with Crippen molar-refractivity contribution in [3.8, 4) is 0 Å². The average molecular weight is 427 g/mol. The lowest BCUT2D eigenvalue weighted by molar-refractivity contribution is -0.496. The lowest BCUT2D eigenvalue weighted by atomic mass is 9.86. The quantitative estimate of drug-likeness (QED) is 0.279. The minimum Gasteiger partial charge on any atom is -0.394 e. The van der Waals surface area contributed by atoms with Crippen LogP contribution in [-0.4, -0.2) is 57.7 Å². The van der Waals surface area contributed by atoms with Crippen molar-refractivity contribution in [1.82, 2.24) is 0 Å². The van der Waals surface area contributed by atoms with Gasteiger partial charge in [-0.25, -0.2) is 0 Å². The smallest absolute Gasteiger partial charge is 0.225 e. The third kappa shape index (κ3) is 4.07. The maximum Gasteiger partial charge on any atom is 0.225 e. The number of aliphatic hydroxyl groups excluding tert-OH is 4. The molecule has 0 bridgehead atoms. The minimum atomic E-state index is -1.63. The highest BCUT2D eigenvalue weighted by atomic mass is 16.7. The van der Waals surface area contributed by atoms with Gasteiger partial charge in [0.05, 0.1) is 19.4 Å². The Bertz CT molecular complexity index is 961. The summed E-state index contributed by atoms with van der Waals surface area (Å²) < 4.78 is 11.6. The summed E-state index contributed by atoms with van der Waals surface area (Å²) >= 11 is 0. The van der Waals surface area contributed by atoms with Gasteiger partial charge in [0, 0.05) is 17.9 Å². The molecule has 4 rings (SSSR count). The van der Waals surface area contributed by atoms with Crippen LogP contribution in [0.25, 0.3) is 0 Å². The number of aliphatic hydroxyl groups is 4. The van der Waals surface area contributed by atoms with Crippen LogP contribution in [0.15, 0.2) is 54.7 Å². The molecule has 7 N–H and O–H groups in total. The van der Waals surface area contributed by atoms with Crippen molar-refractivity contribution in [3.63, 3.8) is 0 Å². The Morgan fingerprint density at radius 2 is 1.81 bits per heavy atom. The molecule has 2 heterocycles. The predicted molar refractivity (Wildman–Crippen MR) is 112 cm³/mol. The Labute approximate surface area is 179 Å². The van der Waals surface area contributed by atoms with Crippen LogP contribution in [0.1, 0.15) is 22.3 Å². The zero-order valence-electron chi connectivity index (χ0n) is 16.9. The Morgan fingerprint density at radius 1 is 1.06 bits per heavy atom. The molecule has 8 heteroatoms. The molecule has 0 saturated carbocycles. The fourth-order valence-electron chi connectivity index (χ4n) is 4.13. The van der Waals surface area contributed by atoms with E-state index in [1.54, 1.807) is 6.08 Å². The summed E-state index contributed by atoms with van der Waals surface area (Å²) in [5.41, 5.74) is 4.52. The number of quaternary nitrogens is 1. The summed E-state index contributed by atoms with van der Waals surface area (Å²) in [4.78, 5) is 0. The van der Waals surface area contributed by atoms with E-state index in [-0.39, 0.29) is 6.61 Å². The Balaban J connectivity index is 1.57. The van der Waals surface area contributed by atoms with Crippen LogP contribution < -0.4 is 5.32 Å².